The van der Waals surface area contributed by atoms with E-state index in [0.717, 1.165) is 11.1 Å². The van der Waals surface area contributed by atoms with E-state index in [4.69, 9.17) is 17.3 Å². The molecule has 18 heavy (non-hydrogen) atoms. The smallest absolute Gasteiger partial charge is 0.180 e. The highest BCUT2D eigenvalue weighted by atomic mass is 35.5. The molecule has 0 aliphatic carbocycles. The number of hydrogen-bond acceptors (Lipinski definition) is 4. The SMILES string of the molecule is Nc1ccc2[nH]c(-c3ccc(O)c(Cl)c3)nc2n1. The summed E-state index contributed by atoms with van der Waals surface area (Å²) in [6.07, 6.45) is 0. The van der Waals surface area contributed by atoms with Gasteiger partial charge in [-0.25, -0.2) is 9.97 Å². The van der Waals surface area contributed by atoms with E-state index < -0.39 is 0 Å². The molecule has 4 N–H and O–H groups in total. The number of aromatic hydroxyl groups is 1. The van der Waals surface area contributed by atoms with Gasteiger partial charge >= 0.3 is 0 Å². The molecule has 0 amide bonds. The van der Waals surface area contributed by atoms with E-state index in [9.17, 15) is 5.11 Å². The third-order valence-corrected chi connectivity index (χ3v) is 2.89. The van der Waals surface area contributed by atoms with Crippen LogP contribution in [0.15, 0.2) is 30.3 Å². The molecular formula is C12H9ClN4O. The van der Waals surface area contributed by atoms with Gasteiger partial charge in [0.15, 0.2) is 5.65 Å². The minimum atomic E-state index is 0.0406. The fraction of sp³-hybridized carbons (Fsp3) is 0. The Morgan fingerprint density at radius 2 is 2.00 bits per heavy atom. The summed E-state index contributed by atoms with van der Waals surface area (Å²) in [5, 5.41) is 9.65. The van der Waals surface area contributed by atoms with Gasteiger partial charge in [0, 0.05) is 5.56 Å². The number of anilines is 1. The van der Waals surface area contributed by atoms with Crippen LogP contribution in [0.2, 0.25) is 5.02 Å². The number of pyridine rings is 1. The number of rotatable bonds is 1. The van der Waals surface area contributed by atoms with Gasteiger partial charge in [0.1, 0.15) is 17.4 Å². The Kier molecular flexibility index (Phi) is 2.34. The van der Waals surface area contributed by atoms with Crippen molar-refractivity contribution in [3.05, 3.63) is 35.4 Å². The second-order valence-corrected chi connectivity index (χ2v) is 4.27. The summed E-state index contributed by atoms with van der Waals surface area (Å²) < 4.78 is 0. The molecule has 3 rings (SSSR count). The van der Waals surface area contributed by atoms with Crippen LogP contribution in [0.5, 0.6) is 5.75 Å². The van der Waals surface area contributed by atoms with Gasteiger partial charge in [0.25, 0.3) is 0 Å². The number of hydrogen-bond donors (Lipinski definition) is 3. The molecule has 5 nitrogen and oxygen atoms in total. The Labute approximate surface area is 107 Å². The molecule has 2 heterocycles. The maximum atomic E-state index is 9.38. The van der Waals surface area contributed by atoms with Crippen LogP contribution in [0.25, 0.3) is 22.6 Å². The molecule has 0 atom stereocenters. The Morgan fingerprint density at radius 3 is 2.78 bits per heavy atom. The van der Waals surface area contributed by atoms with E-state index in [1.807, 2.05) is 6.07 Å². The number of aromatic nitrogens is 3. The lowest BCUT2D eigenvalue weighted by Crippen LogP contribution is -1.88. The first-order chi connectivity index (χ1) is 8.63. The van der Waals surface area contributed by atoms with E-state index >= 15 is 0 Å². The van der Waals surface area contributed by atoms with Crippen LogP contribution in [-0.4, -0.2) is 20.1 Å². The fourth-order valence-corrected chi connectivity index (χ4v) is 1.88. The van der Waals surface area contributed by atoms with Crippen LogP contribution in [0, 0.1) is 0 Å². The third kappa shape index (κ3) is 1.74. The highest BCUT2D eigenvalue weighted by Crippen LogP contribution is 2.28. The largest absolute Gasteiger partial charge is 0.506 e. The Bertz CT molecular complexity index is 738. The number of nitrogens with one attached hydrogen (secondary N) is 1. The molecule has 0 spiro atoms. The van der Waals surface area contributed by atoms with Crippen molar-refractivity contribution in [2.45, 2.75) is 0 Å². The molecule has 0 aliphatic heterocycles. The van der Waals surface area contributed by atoms with Crippen LogP contribution in [0.1, 0.15) is 0 Å². The van der Waals surface area contributed by atoms with Gasteiger partial charge in [0.05, 0.1) is 10.5 Å². The zero-order chi connectivity index (χ0) is 12.7. The number of nitrogens with zero attached hydrogens (tertiary/aromatic N) is 2. The monoisotopic (exact) mass is 260 g/mol. The van der Waals surface area contributed by atoms with E-state index in [1.54, 1.807) is 18.2 Å². The van der Waals surface area contributed by atoms with Gasteiger partial charge in [-0.05, 0) is 30.3 Å². The van der Waals surface area contributed by atoms with Crippen molar-refractivity contribution in [3.63, 3.8) is 0 Å². The summed E-state index contributed by atoms with van der Waals surface area (Å²) in [6.45, 7) is 0. The number of aromatic amines is 1. The lowest BCUT2D eigenvalue weighted by Gasteiger charge is -1.99. The molecule has 0 bridgehead atoms. The number of nitrogens with two attached hydrogens (primary N) is 1. The van der Waals surface area contributed by atoms with Crippen molar-refractivity contribution < 1.29 is 5.11 Å². The van der Waals surface area contributed by atoms with Gasteiger partial charge in [-0.2, -0.15) is 0 Å². The highest BCUT2D eigenvalue weighted by Gasteiger charge is 2.08. The summed E-state index contributed by atoms with van der Waals surface area (Å²) in [7, 11) is 0. The van der Waals surface area contributed by atoms with E-state index in [2.05, 4.69) is 15.0 Å². The molecule has 6 heteroatoms. The van der Waals surface area contributed by atoms with Crippen LogP contribution in [0.3, 0.4) is 0 Å². The van der Waals surface area contributed by atoms with Gasteiger partial charge in [0.2, 0.25) is 0 Å². The van der Waals surface area contributed by atoms with Gasteiger partial charge in [-0.15, -0.1) is 0 Å². The van der Waals surface area contributed by atoms with Crippen molar-refractivity contribution in [1.29, 1.82) is 0 Å². The van der Waals surface area contributed by atoms with E-state index in [-0.39, 0.29) is 10.8 Å². The predicted molar refractivity (Wildman–Crippen MR) is 70.4 cm³/mol. The number of phenolic OH excluding ortho intramolecular Hbond substituents is 1. The summed E-state index contributed by atoms with van der Waals surface area (Å²) >= 11 is 5.86. The first kappa shape index (κ1) is 10.9. The maximum Gasteiger partial charge on any atom is 0.180 e. The Morgan fingerprint density at radius 1 is 1.17 bits per heavy atom. The minimum Gasteiger partial charge on any atom is -0.506 e. The fourth-order valence-electron chi connectivity index (χ4n) is 1.70. The molecule has 3 aromatic rings. The second kappa shape index (κ2) is 3.89. The number of phenols is 1. The van der Waals surface area contributed by atoms with Gasteiger partial charge in [-0.3, -0.25) is 0 Å². The first-order valence-electron chi connectivity index (χ1n) is 5.24. The summed E-state index contributed by atoms with van der Waals surface area (Å²) in [4.78, 5) is 11.6. The molecule has 0 saturated carbocycles. The number of halogens is 1. The standard InChI is InChI=1S/C12H9ClN4O/c13-7-5-6(1-3-9(7)18)11-15-8-2-4-10(14)16-12(8)17-11/h1-5,18H,(H3,14,15,16,17). The average Bonchev–Trinajstić information content (AvgIpc) is 2.75. The molecule has 1 aromatic carbocycles. The molecule has 0 radical (unpaired) electrons. The number of benzene rings is 1. The number of H-pyrrole nitrogens is 1. The number of imidazole rings is 1. The van der Waals surface area contributed by atoms with E-state index in [1.165, 1.54) is 6.07 Å². The van der Waals surface area contributed by atoms with Crippen LogP contribution < -0.4 is 5.73 Å². The molecule has 2 aromatic heterocycles. The molecule has 0 fully saturated rings. The first-order valence-corrected chi connectivity index (χ1v) is 5.62. The zero-order valence-corrected chi connectivity index (χ0v) is 9.94. The molecule has 0 saturated heterocycles. The van der Waals surface area contributed by atoms with Crippen molar-refractivity contribution in [3.8, 4) is 17.1 Å². The van der Waals surface area contributed by atoms with Crippen LogP contribution >= 0.6 is 11.6 Å². The summed E-state index contributed by atoms with van der Waals surface area (Å²) in [6, 6.07) is 8.40. The average molecular weight is 261 g/mol. The normalized spacial score (nSPS) is 10.9. The van der Waals surface area contributed by atoms with Crippen molar-refractivity contribution in [2.75, 3.05) is 5.73 Å². The van der Waals surface area contributed by atoms with E-state index in [0.29, 0.717) is 17.3 Å². The molecule has 0 unspecified atom stereocenters. The highest BCUT2D eigenvalue weighted by molar-refractivity contribution is 6.32. The zero-order valence-electron chi connectivity index (χ0n) is 9.18. The topological polar surface area (TPSA) is 87.8 Å². The lowest BCUT2D eigenvalue weighted by atomic mass is 10.2. The molecule has 90 valence electrons. The van der Waals surface area contributed by atoms with Gasteiger partial charge < -0.3 is 15.8 Å². The predicted octanol–water partition coefficient (Wildman–Crippen LogP) is 2.57. The minimum absolute atomic E-state index is 0.0406. The Hall–Kier alpha value is -2.27. The van der Waals surface area contributed by atoms with Crippen molar-refractivity contribution in [2.24, 2.45) is 0 Å². The Balaban J connectivity index is 2.16. The maximum absolute atomic E-state index is 9.38. The second-order valence-electron chi connectivity index (χ2n) is 3.86. The number of fused-ring (bicyclic) bond motifs is 1. The lowest BCUT2D eigenvalue weighted by molar-refractivity contribution is 0.475. The summed E-state index contributed by atoms with van der Waals surface area (Å²) in [5.41, 5.74) is 7.71. The van der Waals surface area contributed by atoms with Gasteiger partial charge in [-0.1, -0.05) is 11.6 Å². The van der Waals surface area contributed by atoms with Crippen molar-refractivity contribution in [1.82, 2.24) is 15.0 Å². The molecule has 0 aliphatic rings. The summed E-state index contributed by atoms with van der Waals surface area (Å²) in [5.74, 6) is 1.09. The third-order valence-electron chi connectivity index (χ3n) is 2.59. The van der Waals surface area contributed by atoms with Crippen LogP contribution in [0.4, 0.5) is 5.82 Å². The van der Waals surface area contributed by atoms with Crippen LogP contribution in [-0.2, 0) is 0 Å². The number of nitrogen functional groups attached to an aromatic ring is 1. The quantitative estimate of drug-likeness (QED) is 0.627. The molecular weight excluding hydrogens is 252 g/mol. The van der Waals surface area contributed by atoms with Crippen molar-refractivity contribution >= 4 is 28.6 Å².